The van der Waals surface area contributed by atoms with Gasteiger partial charge in [-0.05, 0) is 57.2 Å². The number of rotatable bonds is 7. The Labute approximate surface area is 215 Å². The summed E-state index contributed by atoms with van der Waals surface area (Å²) in [5.41, 5.74) is 9.45. The number of fused-ring (bicyclic) bond motifs is 1. The molecule has 1 aliphatic rings. The normalized spacial score (nSPS) is 17.8. The van der Waals surface area contributed by atoms with Crippen LogP contribution in [0.3, 0.4) is 0 Å². The first kappa shape index (κ1) is 28.8. The molecule has 1 aliphatic carbocycles. The van der Waals surface area contributed by atoms with Gasteiger partial charge in [0.15, 0.2) is 0 Å². The number of halogens is 5. The Bertz CT molecular complexity index is 1110. The van der Waals surface area contributed by atoms with Crippen LogP contribution in [0.15, 0.2) is 48.5 Å². The van der Waals surface area contributed by atoms with Crippen molar-refractivity contribution in [3.8, 4) is 5.75 Å². The molecule has 1 heterocycles. The Hall–Kier alpha value is -2.42. The van der Waals surface area contributed by atoms with Crippen LogP contribution in [0.1, 0.15) is 36.8 Å². The summed E-state index contributed by atoms with van der Waals surface area (Å²) in [6, 6.07) is 14.5. The van der Waals surface area contributed by atoms with Gasteiger partial charge in [0.05, 0.1) is 5.52 Å². The van der Waals surface area contributed by atoms with Gasteiger partial charge >= 0.3 is 6.36 Å². The van der Waals surface area contributed by atoms with Gasteiger partial charge in [-0.2, -0.15) is 0 Å². The molecule has 0 atom stereocenters. The number of nitrogens with two attached hydrogens (primary N) is 1. The van der Waals surface area contributed by atoms with Crippen LogP contribution in [0.25, 0.3) is 10.9 Å². The standard InChI is InChI=1S/C25H29F3N4O.2ClH/c1-16-23(29)20-7-3-4-8-21(20)32-24(16)31-19-12-10-17(11-13-19)14-30-15-18-6-2-5-9-22(18)33-25(26,27)28;;/h2-9,17,19,30H,10-15H2,1H3,(H3,29,31,32);2*1H. The fourth-order valence-corrected chi connectivity index (χ4v) is 4.46. The molecule has 1 aromatic heterocycles. The number of benzene rings is 2. The molecule has 4 N–H and O–H groups in total. The van der Waals surface area contributed by atoms with Gasteiger partial charge < -0.3 is 21.1 Å². The summed E-state index contributed by atoms with van der Waals surface area (Å²) in [5.74, 6) is 1.17. The molecule has 35 heavy (non-hydrogen) atoms. The fraction of sp³-hybridized carbons (Fsp3) is 0.400. The Balaban J connectivity index is 0.00000216. The monoisotopic (exact) mass is 530 g/mol. The highest BCUT2D eigenvalue weighted by molar-refractivity contribution is 5.94. The zero-order chi connectivity index (χ0) is 23.4. The molecule has 0 unspecified atom stereocenters. The molecule has 2 aromatic carbocycles. The number of pyridine rings is 1. The molecule has 0 saturated heterocycles. The lowest BCUT2D eigenvalue weighted by atomic mass is 9.86. The number of aromatic nitrogens is 1. The summed E-state index contributed by atoms with van der Waals surface area (Å²) in [4.78, 5) is 4.77. The molecular formula is C25H31Cl2F3N4O. The van der Waals surface area contributed by atoms with Crippen LogP contribution >= 0.6 is 24.8 Å². The number of nitrogens with zero attached hydrogens (tertiary/aromatic N) is 1. The average molecular weight is 531 g/mol. The van der Waals surface area contributed by atoms with Crippen LogP contribution in [0.4, 0.5) is 24.7 Å². The maximum absolute atomic E-state index is 12.6. The Morgan fingerprint density at radius 3 is 2.37 bits per heavy atom. The Kier molecular flexibility index (Phi) is 10.3. The van der Waals surface area contributed by atoms with E-state index in [1.165, 1.54) is 6.07 Å². The fourth-order valence-electron chi connectivity index (χ4n) is 4.46. The Morgan fingerprint density at radius 1 is 1.00 bits per heavy atom. The quantitative estimate of drug-likeness (QED) is 0.319. The van der Waals surface area contributed by atoms with E-state index in [-0.39, 0.29) is 30.6 Å². The molecule has 0 amide bonds. The first-order valence-corrected chi connectivity index (χ1v) is 11.3. The van der Waals surface area contributed by atoms with Crippen molar-refractivity contribution in [1.29, 1.82) is 0 Å². The summed E-state index contributed by atoms with van der Waals surface area (Å²) >= 11 is 0. The number of para-hydroxylation sites is 2. The average Bonchev–Trinajstić information content (AvgIpc) is 2.78. The summed E-state index contributed by atoms with van der Waals surface area (Å²) in [6.07, 6.45) is -0.604. The van der Waals surface area contributed by atoms with Crippen LogP contribution in [-0.4, -0.2) is 23.9 Å². The second-order valence-corrected chi connectivity index (χ2v) is 8.66. The molecule has 10 heteroatoms. The predicted molar refractivity (Wildman–Crippen MR) is 140 cm³/mol. The van der Waals surface area contributed by atoms with Gasteiger partial charge in [-0.3, -0.25) is 0 Å². The summed E-state index contributed by atoms with van der Waals surface area (Å²) in [6.45, 7) is 3.09. The van der Waals surface area contributed by atoms with Crippen molar-refractivity contribution in [1.82, 2.24) is 10.3 Å². The van der Waals surface area contributed by atoms with E-state index >= 15 is 0 Å². The van der Waals surface area contributed by atoms with Crippen molar-refractivity contribution in [2.75, 3.05) is 17.6 Å². The van der Waals surface area contributed by atoms with E-state index in [0.717, 1.165) is 60.2 Å². The van der Waals surface area contributed by atoms with Gasteiger partial charge in [-0.1, -0.05) is 36.4 Å². The number of anilines is 2. The molecule has 0 spiro atoms. The number of alkyl halides is 3. The molecule has 1 fully saturated rings. The number of nitrogens with one attached hydrogen (secondary N) is 2. The molecule has 0 bridgehead atoms. The van der Waals surface area contributed by atoms with Crippen LogP contribution in [0, 0.1) is 12.8 Å². The molecule has 1 saturated carbocycles. The lowest BCUT2D eigenvalue weighted by molar-refractivity contribution is -0.274. The third-order valence-corrected chi connectivity index (χ3v) is 6.32. The van der Waals surface area contributed by atoms with Crippen molar-refractivity contribution >= 4 is 47.2 Å². The lowest BCUT2D eigenvalue weighted by Gasteiger charge is -2.30. The molecule has 5 nitrogen and oxygen atoms in total. The summed E-state index contributed by atoms with van der Waals surface area (Å²) in [5, 5.41) is 7.85. The van der Waals surface area contributed by atoms with Crippen molar-refractivity contribution < 1.29 is 17.9 Å². The minimum absolute atomic E-state index is 0. The molecule has 4 rings (SSSR count). The highest BCUT2D eigenvalue weighted by Crippen LogP contribution is 2.31. The van der Waals surface area contributed by atoms with Gasteiger partial charge in [0.25, 0.3) is 0 Å². The minimum Gasteiger partial charge on any atom is -0.405 e. The topological polar surface area (TPSA) is 72.2 Å². The first-order chi connectivity index (χ1) is 15.8. The third kappa shape index (κ3) is 7.53. The van der Waals surface area contributed by atoms with Crippen molar-refractivity contribution in [3.63, 3.8) is 0 Å². The molecule has 0 radical (unpaired) electrons. The highest BCUT2D eigenvalue weighted by atomic mass is 35.5. The van der Waals surface area contributed by atoms with Gasteiger partial charge in [0.2, 0.25) is 0 Å². The molecular weight excluding hydrogens is 500 g/mol. The van der Waals surface area contributed by atoms with E-state index < -0.39 is 6.36 Å². The van der Waals surface area contributed by atoms with Crippen molar-refractivity contribution in [2.24, 2.45) is 5.92 Å². The van der Waals surface area contributed by atoms with E-state index in [2.05, 4.69) is 15.4 Å². The van der Waals surface area contributed by atoms with Crippen LogP contribution in [0.5, 0.6) is 5.75 Å². The van der Waals surface area contributed by atoms with Crippen LogP contribution < -0.4 is 21.1 Å². The SMILES string of the molecule is Cc1c(NC2CCC(CNCc3ccccc3OC(F)(F)F)CC2)nc2ccccc2c1N.Cl.Cl. The van der Waals surface area contributed by atoms with E-state index in [0.29, 0.717) is 24.1 Å². The van der Waals surface area contributed by atoms with Gasteiger partial charge in [-0.15, -0.1) is 38.0 Å². The Morgan fingerprint density at radius 2 is 1.66 bits per heavy atom. The molecule has 3 aromatic rings. The van der Waals surface area contributed by atoms with Crippen molar-refractivity contribution in [3.05, 3.63) is 59.7 Å². The second-order valence-electron chi connectivity index (χ2n) is 8.66. The van der Waals surface area contributed by atoms with E-state index in [9.17, 15) is 13.2 Å². The third-order valence-electron chi connectivity index (χ3n) is 6.32. The van der Waals surface area contributed by atoms with E-state index in [1.807, 2.05) is 31.2 Å². The van der Waals surface area contributed by atoms with Gasteiger partial charge in [-0.25, -0.2) is 4.98 Å². The van der Waals surface area contributed by atoms with Crippen LogP contribution in [0.2, 0.25) is 0 Å². The van der Waals surface area contributed by atoms with E-state index in [1.54, 1.807) is 18.2 Å². The predicted octanol–water partition coefficient (Wildman–Crippen LogP) is 6.63. The maximum Gasteiger partial charge on any atom is 0.573 e. The number of nitrogen functional groups attached to an aromatic ring is 1. The van der Waals surface area contributed by atoms with Crippen LogP contribution in [-0.2, 0) is 6.54 Å². The first-order valence-electron chi connectivity index (χ1n) is 11.3. The number of hydrogen-bond donors (Lipinski definition) is 3. The van der Waals surface area contributed by atoms with Gasteiger partial charge in [0.1, 0.15) is 11.6 Å². The summed E-state index contributed by atoms with van der Waals surface area (Å²) in [7, 11) is 0. The van der Waals surface area contributed by atoms with E-state index in [4.69, 9.17) is 10.7 Å². The zero-order valence-electron chi connectivity index (χ0n) is 19.4. The van der Waals surface area contributed by atoms with Gasteiger partial charge in [0, 0.05) is 34.8 Å². The minimum atomic E-state index is -4.69. The molecule has 0 aliphatic heterocycles. The second kappa shape index (κ2) is 12.5. The molecule has 192 valence electrons. The maximum atomic E-state index is 12.6. The number of hydrogen-bond acceptors (Lipinski definition) is 5. The van der Waals surface area contributed by atoms with Crippen molar-refractivity contribution in [2.45, 2.75) is 51.6 Å². The smallest absolute Gasteiger partial charge is 0.405 e. The number of ether oxygens (including phenoxy) is 1. The lowest BCUT2D eigenvalue weighted by Crippen LogP contribution is -2.31. The summed E-state index contributed by atoms with van der Waals surface area (Å²) < 4.78 is 41.9. The highest BCUT2D eigenvalue weighted by Gasteiger charge is 2.32. The zero-order valence-corrected chi connectivity index (χ0v) is 21.0. The largest absolute Gasteiger partial charge is 0.573 e.